The fourth-order valence-electron chi connectivity index (χ4n) is 1.68. The maximum absolute atomic E-state index is 11.9. The highest BCUT2D eigenvalue weighted by Crippen LogP contribution is 2.28. The zero-order valence-electron chi connectivity index (χ0n) is 12.9. The number of benzene rings is 1. The summed E-state index contributed by atoms with van der Waals surface area (Å²) in [6, 6.07) is 5.30. The van der Waals surface area contributed by atoms with Gasteiger partial charge in [0.1, 0.15) is 11.5 Å². The van der Waals surface area contributed by atoms with E-state index in [0.717, 1.165) is 0 Å². The lowest BCUT2D eigenvalue weighted by Gasteiger charge is -2.20. The molecule has 20 heavy (non-hydrogen) atoms. The van der Waals surface area contributed by atoms with Crippen LogP contribution in [0.3, 0.4) is 0 Å². The molecule has 112 valence electrons. The first-order valence-corrected chi connectivity index (χ1v) is 6.62. The second-order valence-electron chi connectivity index (χ2n) is 5.54. The van der Waals surface area contributed by atoms with Gasteiger partial charge in [-0.25, -0.2) is 0 Å². The predicted molar refractivity (Wildman–Crippen MR) is 80.5 cm³/mol. The minimum absolute atomic E-state index is 0.00787. The zero-order valence-corrected chi connectivity index (χ0v) is 12.9. The maximum atomic E-state index is 11.9. The van der Waals surface area contributed by atoms with Gasteiger partial charge in [0, 0.05) is 24.6 Å². The lowest BCUT2D eigenvalue weighted by Crippen LogP contribution is -2.37. The van der Waals surface area contributed by atoms with Crippen molar-refractivity contribution < 1.29 is 14.3 Å². The van der Waals surface area contributed by atoms with Crippen molar-refractivity contribution in [2.75, 3.05) is 26.1 Å². The molecule has 1 aromatic rings. The number of ether oxygens (including phenoxy) is 2. The van der Waals surface area contributed by atoms with Crippen molar-refractivity contribution in [3.63, 3.8) is 0 Å². The fraction of sp³-hybridized carbons (Fsp3) is 0.533. The van der Waals surface area contributed by atoms with Gasteiger partial charge in [-0.05, 0) is 32.9 Å². The molecule has 2 N–H and O–H groups in total. The van der Waals surface area contributed by atoms with E-state index in [0.29, 0.717) is 30.2 Å². The van der Waals surface area contributed by atoms with Crippen LogP contribution in [0.1, 0.15) is 27.2 Å². The van der Waals surface area contributed by atoms with Crippen molar-refractivity contribution in [2.45, 2.75) is 32.7 Å². The minimum atomic E-state index is -0.0618. The number of nitrogens with one attached hydrogen (secondary N) is 2. The van der Waals surface area contributed by atoms with Crippen molar-refractivity contribution >= 4 is 11.6 Å². The van der Waals surface area contributed by atoms with Crippen molar-refractivity contribution in [3.8, 4) is 11.5 Å². The van der Waals surface area contributed by atoms with E-state index in [1.165, 1.54) is 0 Å². The van der Waals surface area contributed by atoms with Crippen molar-refractivity contribution in [2.24, 2.45) is 0 Å². The Morgan fingerprint density at radius 2 is 1.90 bits per heavy atom. The van der Waals surface area contributed by atoms with Crippen LogP contribution in [0.2, 0.25) is 0 Å². The molecule has 0 unspecified atom stereocenters. The standard InChI is InChI=1S/C15H24N2O3/c1-15(2,3)16-9-8-14(18)17-12-10-11(19-4)6-7-13(12)20-5/h6-7,10,16H,8-9H2,1-5H3,(H,17,18). The van der Waals surface area contributed by atoms with Gasteiger partial charge in [-0.1, -0.05) is 0 Å². The lowest BCUT2D eigenvalue weighted by atomic mass is 10.1. The third-order valence-corrected chi connectivity index (χ3v) is 2.69. The number of carbonyl (C=O) groups excluding carboxylic acids is 1. The number of rotatable bonds is 6. The Hall–Kier alpha value is -1.75. The quantitative estimate of drug-likeness (QED) is 0.840. The zero-order chi connectivity index (χ0) is 15.2. The van der Waals surface area contributed by atoms with E-state index in [2.05, 4.69) is 31.4 Å². The summed E-state index contributed by atoms with van der Waals surface area (Å²) in [5, 5.41) is 6.11. The molecule has 0 saturated heterocycles. The monoisotopic (exact) mass is 280 g/mol. The second kappa shape index (κ2) is 7.14. The molecule has 0 heterocycles. The molecule has 0 aliphatic rings. The van der Waals surface area contributed by atoms with Gasteiger partial charge in [0.05, 0.1) is 19.9 Å². The van der Waals surface area contributed by atoms with E-state index >= 15 is 0 Å². The average molecular weight is 280 g/mol. The van der Waals surface area contributed by atoms with Gasteiger partial charge in [0.15, 0.2) is 0 Å². The van der Waals surface area contributed by atoms with E-state index < -0.39 is 0 Å². The van der Waals surface area contributed by atoms with Gasteiger partial charge >= 0.3 is 0 Å². The Bertz CT molecular complexity index is 453. The molecule has 0 atom stereocenters. The molecular weight excluding hydrogens is 256 g/mol. The van der Waals surface area contributed by atoms with Gasteiger partial charge in [-0.3, -0.25) is 4.79 Å². The van der Waals surface area contributed by atoms with Crippen molar-refractivity contribution in [3.05, 3.63) is 18.2 Å². The van der Waals surface area contributed by atoms with Crippen molar-refractivity contribution in [1.82, 2.24) is 5.32 Å². The van der Waals surface area contributed by atoms with E-state index in [4.69, 9.17) is 9.47 Å². The maximum Gasteiger partial charge on any atom is 0.225 e. The van der Waals surface area contributed by atoms with Crippen LogP contribution in [0.4, 0.5) is 5.69 Å². The smallest absolute Gasteiger partial charge is 0.225 e. The fourth-order valence-corrected chi connectivity index (χ4v) is 1.68. The normalized spacial score (nSPS) is 11.1. The molecule has 1 aromatic carbocycles. The summed E-state index contributed by atoms with van der Waals surface area (Å²) in [6.45, 7) is 6.82. The van der Waals surface area contributed by atoms with Gasteiger partial charge in [-0.2, -0.15) is 0 Å². The van der Waals surface area contributed by atoms with Crippen LogP contribution in [-0.4, -0.2) is 32.2 Å². The van der Waals surface area contributed by atoms with Gasteiger partial charge in [0.25, 0.3) is 0 Å². The Balaban J connectivity index is 2.60. The van der Waals surface area contributed by atoms with Crippen molar-refractivity contribution in [1.29, 1.82) is 0 Å². The van der Waals surface area contributed by atoms with Gasteiger partial charge < -0.3 is 20.1 Å². The number of hydrogen-bond donors (Lipinski definition) is 2. The summed E-state index contributed by atoms with van der Waals surface area (Å²) in [4.78, 5) is 11.9. The average Bonchev–Trinajstić information content (AvgIpc) is 2.37. The Morgan fingerprint density at radius 1 is 1.20 bits per heavy atom. The van der Waals surface area contributed by atoms with Crippen LogP contribution in [-0.2, 0) is 4.79 Å². The lowest BCUT2D eigenvalue weighted by molar-refractivity contribution is -0.116. The SMILES string of the molecule is COc1ccc(OC)c(NC(=O)CCNC(C)(C)C)c1. The highest BCUT2D eigenvalue weighted by Gasteiger charge is 2.11. The minimum Gasteiger partial charge on any atom is -0.497 e. The number of hydrogen-bond acceptors (Lipinski definition) is 4. The molecule has 1 amide bonds. The van der Waals surface area contributed by atoms with Crippen LogP contribution in [0, 0.1) is 0 Å². The van der Waals surface area contributed by atoms with Crippen LogP contribution in [0.5, 0.6) is 11.5 Å². The second-order valence-corrected chi connectivity index (χ2v) is 5.54. The summed E-state index contributed by atoms with van der Waals surface area (Å²) in [5.74, 6) is 1.23. The van der Waals surface area contributed by atoms with E-state index in [1.54, 1.807) is 32.4 Å². The van der Waals surface area contributed by atoms with Crippen LogP contribution >= 0.6 is 0 Å². The highest BCUT2D eigenvalue weighted by atomic mass is 16.5. The molecule has 0 fully saturated rings. The molecule has 1 rings (SSSR count). The summed E-state index contributed by atoms with van der Waals surface area (Å²) >= 11 is 0. The van der Waals surface area contributed by atoms with Crippen LogP contribution < -0.4 is 20.1 Å². The third-order valence-electron chi connectivity index (χ3n) is 2.69. The van der Waals surface area contributed by atoms with Gasteiger partial charge in [-0.15, -0.1) is 0 Å². The topological polar surface area (TPSA) is 59.6 Å². The molecule has 0 radical (unpaired) electrons. The summed E-state index contributed by atoms with van der Waals surface area (Å²) in [6.07, 6.45) is 0.400. The predicted octanol–water partition coefficient (Wildman–Crippen LogP) is 2.42. The van der Waals surface area contributed by atoms with E-state index in [-0.39, 0.29) is 11.4 Å². The number of carbonyl (C=O) groups is 1. The summed E-state index contributed by atoms with van der Waals surface area (Å²) in [7, 11) is 3.15. The molecule has 0 aliphatic heterocycles. The molecule has 0 aliphatic carbocycles. The molecule has 0 bridgehead atoms. The highest BCUT2D eigenvalue weighted by molar-refractivity contribution is 5.92. The molecule has 0 spiro atoms. The first-order valence-electron chi connectivity index (χ1n) is 6.62. The Kier molecular flexibility index (Phi) is 5.82. The molecular formula is C15H24N2O3. The molecule has 5 heteroatoms. The molecule has 5 nitrogen and oxygen atoms in total. The number of anilines is 1. The largest absolute Gasteiger partial charge is 0.497 e. The first kappa shape index (κ1) is 16.3. The summed E-state index contributed by atoms with van der Waals surface area (Å²) in [5.41, 5.74) is 0.626. The number of methoxy groups -OCH3 is 2. The van der Waals surface area contributed by atoms with Gasteiger partial charge in [0.2, 0.25) is 5.91 Å². The molecule has 0 aromatic heterocycles. The third kappa shape index (κ3) is 5.48. The van der Waals surface area contributed by atoms with Crippen LogP contribution in [0.25, 0.3) is 0 Å². The van der Waals surface area contributed by atoms with E-state index in [1.807, 2.05) is 0 Å². The Labute approximate surface area is 120 Å². The summed E-state index contributed by atoms with van der Waals surface area (Å²) < 4.78 is 10.4. The molecule has 0 saturated carbocycles. The first-order chi connectivity index (χ1) is 9.35. The Morgan fingerprint density at radius 3 is 2.45 bits per heavy atom. The number of amides is 1. The van der Waals surface area contributed by atoms with Crippen LogP contribution in [0.15, 0.2) is 18.2 Å². The van der Waals surface area contributed by atoms with E-state index in [9.17, 15) is 4.79 Å².